The van der Waals surface area contributed by atoms with Crippen LogP contribution in [0, 0.1) is 0 Å². The van der Waals surface area contributed by atoms with Gasteiger partial charge in [-0.1, -0.05) is 17.7 Å². The van der Waals surface area contributed by atoms with Crippen LogP contribution >= 0.6 is 11.6 Å². The van der Waals surface area contributed by atoms with Crippen LogP contribution in [0.2, 0.25) is 5.15 Å². The summed E-state index contributed by atoms with van der Waals surface area (Å²) in [6, 6.07) is 5.64. The summed E-state index contributed by atoms with van der Waals surface area (Å²) >= 11 is 5.84. The minimum atomic E-state index is 0.458. The summed E-state index contributed by atoms with van der Waals surface area (Å²) in [5.74, 6) is 0.734. The van der Waals surface area contributed by atoms with Gasteiger partial charge >= 0.3 is 0 Å². The van der Waals surface area contributed by atoms with Crippen molar-refractivity contribution in [2.45, 2.75) is 0 Å². The van der Waals surface area contributed by atoms with Gasteiger partial charge in [0.2, 0.25) is 0 Å². The van der Waals surface area contributed by atoms with Crippen molar-refractivity contribution in [1.29, 1.82) is 0 Å². The molecule has 0 bridgehead atoms. The lowest BCUT2D eigenvalue weighted by Gasteiger charge is -2.01. The van der Waals surface area contributed by atoms with E-state index in [1.807, 2.05) is 18.2 Å². The topological polar surface area (TPSA) is 51.0 Å². The predicted octanol–water partition coefficient (Wildman–Crippen LogP) is 2.41. The summed E-state index contributed by atoms with van der Waals surface area (Å²) in [4.78, 5) is 2.96. The second-order valence-electron chi connectivity index (χ2n) is 2.74. The molecule has 3 nitrogen and oxygen atoms in total. The second-order valence-corrected chi connectivity index (χ2v) is 3.11. The van der Waals surface area contributed by atoms with E-state index >= 15 is 0 Å². The van der Waals surface area contributed by atoms with Crippen molar-refractivity contribution < 1.29 is 4.74 Å². The average molecular weight is 197 g/mol. The van der Waals surface area contributed by atoms with Crippen LogP contribution in [0.15, 0.2) is 18.2 Å². The molecule has 0 saturated carbocycles. The molecule has 1 aromatic heterocycles. The number of fused-ring (bicyclic) bond motifs is 1. The van der Waals surface area contributed by atoms with Crippen LogP contribution in [0.1, 0.15) is 0 Å². The number of benzene rings is 1. The first-order chi connectivity index (χ1) is 6.24. The Bertz CT molecular complexity index is 450. The zero-order valence-electron chi connectivity index (χ0n) is 7.10. The lowest BCUT2D eigenvalue weighted by molar-refractivity contribution is 0.420. The molecule has 0 radical (unpaired) electrons. The standard InChI is InChI=1S/C9H9ClN2O/c1-13-6-4-2-3-5-7(6)8(11)9(10)12-5/h2-4,12H,11H2,1H3. The van der Waals surface area contributed by atoms with E-state index in [1.54, 1.807) is 7.11 Å². The monoisotopic (exact) mass is 196 g/mol. The van der Waals surface area contributed by atoms with Crippen molar-refractivity contribution in [2.75, 3.05) is 12.8 Å². The minimum absolute atomic E-state index is 0.458. The maximum absolute atomic E-state index is 5.84. The van der Waals surface area contributed by atoms with E-state index in [9.17, 15) is 0 Å². The fourth-order valence-electron chi connectivity index (χ4n) is 1.38. The van der Waals surface area contributed by atoms with Gasteiger partial charge in [-0.2, -0.15) is 0 Å². The average Bonchev–Trinajstić information content (AvgIpc) is 2.43. The molecular formula is C9H9ClN2O. The molecule has 13 heavy (non-hydrogen) atoms. The van der Waals surface area contributed by atoms with Gasteiger partial charge in [0, 0.05) is 0 Å². The molecule has 0 aliphatic rings. The number of hydrogen-bond acceptors (Lipinski definition) is 2. The highest BCUT2D eigenvalue weighted by Gasteiger charge is 2.10. The van der Waals surface area contributed by atoms with E-state index < -0.39 is 0 Å². The van der Waals surface area contributed by atoms with Gasteiger partial charge < -0.3 is 15.5 Å². The van der Waals surface area contributed by atoms with Gasteiger partial charge in [-0.25, -0.2) is 0 Å². The van der Waals surface area contributed by atoms with Crippen molar-refractivity contribution in [1.82, 2.24) is 4.98 Å². The predicted molar refractivity (Wildman–Crippen MR) is 54.3 cm³/mol. The summed E-state index contributed by atoms with van der Waals surface area (Å²) < 4.78 is 5.16. The van der Waals surface area contributed by atoms with Crippen molar-refractivity contribution in [2.24, 2.45) is 0 Å². The van der Waals surface area contributed by atoms with Crippen LogP contribution in [0.3, 0.4) is 0 Å². The van der Waals surface area contributed by atoms with E-state index in [2.05, 4.69) is 4.98 Å². The lowest BCUT2D eigenvalue weighted by atomic mass is 10.2. The van der Waals surface area contributed by atoms with Crippen molar-refractivity contribution >= 4 is 28.2 Å². The molecule has 1 heterocycles. The quantitative estimate of drug-likeness (QED) is 0.736. The first kappa shape index (κ1) is 8.26. The summed E-state index contributed by atoms with van der Waals surface area (Å²) in [6.07, 6.45) is 0. The van der Waals surface area contributed by atoms with Crippen LogP contribution in [0.5, 0.6) is 5.75 Å². The molecule has 0 amide bonds. The van der Waals surface area contributed by atoms with Gasteiger partial charge in [-0.05, 0) is 12.1 Å². The van der Waals surface area contributed by atoms with Gasteiger partial charge in [0.15, 0.2) is 0 Å². The van der Waals surface area contributed by atoms with E-state index in [4.69, 9.17) is 22.1 Å². The number of methoxy groups -OCH3 is 1. The molecule has 0 unspecified atom stereocenters. The SMILES string of the molecule is COc1cccc2[nH]c(Cl)c(N)c12. The summed E-state index contributed by atoms with van der Waals surface area (Å²) in [5, 5.41) is 1.30. The van der Waals surface area contributed by atoms with Gasteiger partial charge in [-0.15, -0.1) is 0 Å². The molecule has 4 heteroatoms. The Morgan fingerprint density at radius 1 is 1.46 bits per heavy atom. The molecule has 2 aromatic rings. The van der Waals surface area contributed by atoms with Crippen LogP contribution in [0.4, 0.5) is 5.69 Å². The Morgan fingerprint density at radius 2 is 2.23 bits per heavy atom. The number of nitrogen functional groups attached to an aromatic ring is 1. The normalized spacial score (nSPS) is 10.6. The van der Waals surface area contributed by atoms with Gasteiger partial charge in [-0.3, -0.25) is 0 Å². The Labute approximate surface area is 80.4 Å². The lowest BCUT2D eigenvalue weighted by Crippen LogP contribution is -1.87. The number of nitrogens with two attached hydrogens (primary N) is 1. The van der Waals surface area contributed by atoms with Gasteiger partial charge in [0.05, 0.1) is 23.7 Å². The summed E-state index contributed by atoms with van der Waals surface area (Å²) in [7, 11) is 1.61. The number of nitrogens with one attached hydrogen (secondary N) is 1. The summed E-state index contributed by atoms with van der Waals surface area (Å²) in [6.45, 7) is 0. The van der Waals surface area contributed by atoms with E-state index in [1.165, 1.54) is 0 Å². The van der Waals surface area contributed by atoms with Crippen molar-refractivity contribution in [3.8, 4) is 5.75 Å². The molecular weight excluding hydrogens is 188 g/mol. The Kier molecular flexibility index (Phi) is 1.81. The number of aromatic amines is 1. The van der Waals surface area contributed by atoms with Gasteiger partial charge in [0.1, 0.15) is 10.9 Å². The fraction of sp³-hybridized carbons (Fsp3) is 0.111. The Morgan fingerprint density at radius 3 is 2.92 bits per heavy atom. The number of halogens is 1. The van der Waals surface area contributed by atoms with E-state index in [-0.39, 0.29) is 0 Å². The van der Waals surface area contributed by atoms with E-state index in [0.29, 0.717) is 10.8 Å². The number of anilines is 1. The van der Waals surface area contributed by atoms with Crippen LogP contribution < -0.4 is 10.5 Å². The zero-order valence-corrected chi connectivity index (χ0v) is 7.85. The maximum atomic E-state index is 5.84. The third kappa shape index (κ3) is 1.12. The highest BCUT2D eigenvalue weighted by Crippen LogP contribution is 2.34. The first-order valence-corrected chi connectivity index (χ1v) is 4.21. The highest BCUT2D eigenvalue weighted by molar-refractivity contribution is 6.34. The van der Waals surface area contributed by atoms with Crippen LogP contribution in [-0.2, 0) is 0 Å². The third-order valence-corrected chi connectivity index (χ3v) is 2.29. The zero-order chi connectivity index (χ0) is 9.42. The minimum Gasteiger partial charge on any atom is -0.496 e. The summed E-state index contributed by atoms with van der Waals surface area (Å²) in [5.41, 5.74) is 7.20. The molecule has 68 valence electrons. The molecule has 3 N–H and O–H groups in total. The molecule has 0 saturated heterocycles. The Balaban J connectivity index is 2.87. The third-order valence-electron chi connectivity index (χ3n) is 2.00. The Hall–Kier alpha value is -1.35. The second kappa shape index (κ2) is 2.85. The highest BCUT2D eigenvalue weighted by atomic mass is 35.5. The molecule has 2 rings (SSSR count). The molecule has 0 fully saturated rings. The van der Waals surface area contributed by atoms with Crippen LogP contribution in [-0.4, -0.2) is 12.1 Å². The fourth-order valence-corrected chi connectivity index (χ4v) is 1.57. The number of hydrogen-bond donors (Lipinski definition) is 2. The number of ether oxygens (including phenoxy) is 1. The number of aromatic nitrogens is 1. The van der Waals surface area contributed by atoms with E-state index in [0.717, 1.165) is 16.7 Å². The first-order valence-electron chi connectivity index (χ1n) is 3.83. The van der Waals surface area contributed by atoms with Gasteiger partial charge in [0.25, 0.3) is 0 Å². The molecule has 0 spiro atoms. The van der Waals surface area contributed by atoms with Crippen molar-refractivity contribution in [3.63, 3.8) is 0 Å². The molecule has 0 aliphatic heterocycles. The largest absolute Gasteiger partial charge is 0.496 e. The molecule has 0 aliphatic carbocycles. The molecule has 1 aromatic carbocycles. The smallest absolute Gasteiger partial charge is 0.130 e. The van der Waals surface area contributed by atoms with Crippen LogP contribution in [0.25, 0.3) is 10.9 Å². The number of H-pyrrole nitrogens is 1. The molecule has 0 atom stereocenters. The maximum Gasteiger partial charge on any atom is 0.130 e. The van der Waals surface area contributed by atoms with Crippen molar-refractivity contribution in [3.05, 3.63) is 23.4 Å². The number of rotatable bonds is 1.